The van der Waals surface area contributed by atoms with Crippen LogP contribution in [-0.4, -0.2) is 28.2 Å². The van der Waals surface area contributed by atoms with Crippen molar-refractivity contribution in [2.45, 2.75) is 5.03 Å². The summed E-state index contributed by atoms with van der Waals surface area (Å²) < 4.78 is 43.3. The van der Waals surface area contributed by atoms with Gasteiger partial charge >= 0.3 is 0 Å². The van der Waals surface area contributed by atoms with E-state index in [4.69, 9.17) is 5.73 Å². The summed E-state index contributed by atoms with van der Waals surface area (Å²) in [6.07, 6.45) is 2.80. The van der Waals surface area contributed by atoms with Gasteiger partial charge in [0, 0.05) is 29.9 Å². The number of fused-ring (bicyclic) bond motifs is 1. The van der Waals surface area contributed by atoms with Crippen LogP contribution >= 0.6 is 0 Å². The van der Waals surface area contributed by atoms with Gasteiger partial charge in [-0.1, -0.05) is 18.2 Å². The van der Waals surface area contributed by atoms with Gasteiger partial charge in [-0.25, -0.2) is 9.37 Å². The van der Waals surface area contributed by atoms with Gasteiger partial charge in [0.1, 0.15) is 5.52 Å². The average molecular weight is 386 g/mol. The Morgan fingerprint density at radius 3 is 2.59 bits per heavy atom. The number of nitrogen functional groups attached to an aromatic ring is 1. The number of H-pyrrole nitrogens is 1. The largest absolute Gasteiger partial charge is 0.382 e. The zero-order valence-corrected chi connectivity index (χ0v) is 15.0. The number of imidazole rings is 1. The molecule has 0 saturated carbocycles. The number of aryl methyl sites for hydroxylation is 1. The van der Waals surface area contributed by atoms with Crippen LogP contribution in [0.3, 0.4) is 0 Å². The molecular formula is C17H15FN6O2S. The van der Waals surface area contributed by atoms with Crippen LogP contribution in [0.2, 0.25) is 0 Å². The van der Waals surface area contributed by atoms with Gasteiger partial charge in [-0.3, -0.25) is 9.82 Å². The van der Waals surface area contributed by atoms with E-state index >= 15 is 0 Å². The Morgan fingerprint density at radius 2 is 1.93 bits per heavy atom. The second-order valence-electron chi connectivity index (χ2n) is 6.02. The molecule has 4 aromatic rings. The first-order chi connectivity index (χ1) is 12.8. The van der Waals surface area contributed by atoms with Crippen LogP contribution in [0.25, 0.3) is 22.0 Å². The number of anilines is 2. The summed E-state index contributed by atoms with van der Waals surface area (Å²) in [5, 5.41) is 6.81. The Morgan fingerprint density at radius 1 is 1.19 bits per heavy atom. The van der Waals surface area contributed by atoms with E-state index in [1.54, 1.807) is 48.0 Å². The lowest BCUT2D eigenvalue weighted by atomic mass is 10.0. The van der Waals surface area contributed by atoms with Gasteiger partial charge in [-0.15, -0.1) is 0 Å². The van der Waals surface area contributed by atoms with Crippen LogP contribution in [-0.2, 0) is 17.1 Å². The summed E-state index contributed by atoms with van der Waals surface area (Å²) in [5.74, 6) is -0.242. The van der Waals surface area contributed by atoms with Gasteiger partial charge in [0.05, 0.1) is 6.33 Å². The third-order valence-electron chi connectivity index (χ3n) is 4.11. The molecule has 0 bridgehead atoms. The molecule has 0 aliphatic rings. The predicted molar refractivity (Wildman–Crippen MR) is 99.9 cm³/mol. The molecule has 4 N–H and O–H groups in total. The molecule has 0 aliphatic heterocycles. The van der Waals surface area contributed by atoms with Crippen molar-refractivity contribution in [1.82, 2.24) is 19.7 Å². The second-order valence-corrected chi connectivity index (χ2v) is 7.65. The molecule has 0 aliphatic carbocycles. The zero-order chi connectivity index (χ0) is 19.2. The summed E-state index contributed by atoms with van der Waals surface area (Å²) >= 11 is 0. The molecule has 2 heterocycles. The van der Waals surface area contributed by atoms with Gasteiger partial charge in [0.2, 0.25) is 0 Å². The Hall–Kier alpha value is -3.40. The fourth-order valence-electron chi connectivity index (χ4n) is 2.75. The molecule has 27 heavy (non-hydrogen) atoms. The van der Waals surface area contributed by atoms with E-state index in [1.807, 2.05) is 0 Å². The highest BCUT2D eigenvalue weighted by Gasteiger charge is 2.18. The van der Waals surface area contributed by atoms with Crippen molar-refractivity contribution in [2.75, 3.05) is 10.5 Å². The van der Waals surface area contributed by atoms with Crippen molar-refractivity contribution < 1.29 is 12.8 Å². The van der Waals surface area contributed by atoms with Crippen molar-refractivity contribution in [2.24, 2.45) is 7.05 Å². The third-order valence-corrected chi connectivity index (χ3v) is 5.38. The Bertz CT molecular complexity index is 1240. The van der Waals surface area contributed by atoms with Gasteiger partial charge in [0.15, 0.2) is 16.7 Å². The van der Waals surface area contributed by atoms with Crippen LogP contribution in [0.15, 0.2) is 53.9 Å². The molecule has 0 saturated heterocycles. The Balaban J connectivity index is 1.64. The Kier molecular flexibility index (Phi) is 3.84. The number of aromatic amines is 1. The molecule has 0 atom stereocenters. The molecule has 0 fully saturated rings. The van der Waals surface area contributed by atoms with Crippen LogP contribution in [0.4, 0.5) is 15.9 Å². The number of hydrogen-bond donors (Lipinski definition) is 3. The van der Waals surface area contributed by atoms with Crippen LogP contribution in [0.1, 0.15) is 0 Å². The number of benzene rings is 2. The summed E-state index contributed by atoms with van der Waals surface area (Å²) in [4.78, 5) is 3.83. The molecule has 0 spiro atoms. The monoisotopic (exact) mass is 386 g/mol. The quantitative estimate of drug-likeness (QED) is 0.498. The zero-order valence-electron chi connectivity index (χ0n) is 14.1. The molecule has 0 amide bonds. The molecule has 2 aromatic carbocycles. The van der Waals surface area contributed by atoms with Crippen molar-refractivity contribution in [1.29, 1.82) is 0 Å². The highest BCUT2D eigenvalue weighted by molar-refractivity contribution is 7.92. The number of halogens is 1. The minimum atomic E-state index is -3.79. The smallest absolute Gasteiger partial charge is 0.280 e. The van der Waals surface area contributed by atoms with Gasteiger partial charge in [-0.2, -0.15) is 13.5 Å². The molecule has 138 valence electrons. The van der Waals surface area contributed by atoms with E-state index in [2.05, 4.69) is 19.9 Å². The molecule has 0 unspecified atom stereocenters. The summed E-state index contributed by atoms with van der Waals surface area (Å²) in [6.45, 7) is 0. The fraction of sp³-hybridized carbons (Fsp3) is 0.0588. The number of nitrogens with one attached hydrogen (secondary N) is 2. The summed E-state index contributed by atoms with van der Waals surface area (Å²) in [7, 11) is -2.11. The molecule has 2 aromatic heterocycles. The standard InChI is InChI=1S/C17H15FN6O2S/c1-24-8-14(20-9-24)27(25,26)23-11-4-2-10(3-5-11)12-6-7-13-16(15(12)18)21-22-17(13)19/h2-9,23H,1H3,(H3,19,21,22). The maximum absolute atomic E-state index is 14.7. The number of aromatic nitrogens is 4. The number of nitrogens with zero attached hydrogens (tertiary/aromatic N) is 3. The van der Waals surface area contributed by atoms with E-state index in [1.165, 1.54) is 12.5 Å². The second kappa shape index (κ2) is 6.09. The highest BCUT2D eigenvalue weighted by Crippen LogP contribution is 2.30. The highest BCUT2D eigenvalue weighted by atomic mass is 32.2. The van der Waals surface area contributed by atoms with E-state index < -0.39 is 15.8 Å². The van der Waals surface area contributed by atoms with Crippen LogP contribution < -0.4 is 10.5 Å². The predicted octanol–water partition coefficient (Wildman–Crippen LogP) is 2.49. The summed E-state index contributed by atoms with van der Waals surface area (Å²) in [5.41, 5.74) is 7.19. The first kappa shape index (κ1) is 17.0. The average Bonchev–Trinajstić information content (AvgIpc) is 3.23. The summed E-state index contributed by atoms with van der Waals surface area (Å²) in [6, 6.07) is 9.66. The number of hydrogen-bond acceptors (Lipinski definition) is 5. The van der Waals surface area contributed by atoms with E-state index in [0.29, 0.717) is 22.2 Å². The third kappa shape index (κ3) is 2.99. The minimum Gasteiger partial charge on any atom is -0.382 e. The lowest BCUT2D eigenvalue weighted by molar-refractivity contribution is 0.598. The van der Waals surface area contributed by atoms with Crippen molar-refractivity contribution in [3.63, 3.8) is 0 Å². The van der Waals surface area contributed by atoms with Crippen molar-refractivity contribution in [3.8, 4) is 11.1 Å². The van der Waals surface area contributed by atoms with Crippen molar-refractivity contribution in [3.05, 3.63) is 54.7 Å². The maximum atomic E-state index is 14.7. The lowest BCUT2D eigenvalue weighted by Crippen LogP contribution is -2.13. The number of sulfonamides is 1. The van der Waals surface area contributed by atoms with Gasteiger partial charge < -0.3 is 10.3 Å². The van der Waals surface area contributed by atoms with E-state index in [0.717, 1.165) is 0 Å². The van der Waals surface area contributed by atoms with Crippen LogP contribution in [0, 0.1) is 5.82 Å². The SMILES string of the molecule is Cn1cnc(S(=O)(=O)Nc2ccc(-c3ccc4c(N)n[nH]c4c3F)cc2)c1. The first-order valence-corrected chi connectivity index (χ1v) is 9.37. The van der Waals surface area contributed by atoms with Crippen LogP contribution in [0.5, 0.6) is 0 Å². The molecule has 10 heteroatoms. The molecule has 8 nitrogen and oxygen atoms in total. The first-order valence-electron chi connectivity index (χ1n) is 7.88. The maximum Gasteiger partial charge on any atom is 0.280 e. The fourth-order valence-corrected chi connectivity index (χ4v) is 3.79. The van der Waals surface area contributed by atoms with E-state index in [-0.39, 0.29) is 16.4 Å². The lowest BCUT2D eigenvalue weighted by Gasteiger charge is -2.08. The molecule has 4 rings (SSSR count). The Labute approximate surface area is 153 Å². The molecule has 0 radical (unpaired) electrons. The van der Waals surface area contributed by atoms with E-state index in [9.17, 15) is 12.8 Å². The topological polar surface area (TPSA) is 119 Å². The minimum absolute atomic E-state index is 0.0811. The van der Waals surface area contributed by atoms with Gasteiger partial charge in [-0.05, 0) is 23.8 Å². The van der Waals surface area contributed by atoms with Gasteiger partial charge in [0.25, 0.3) is 10.0 Å². The number of nitrogens with two attached hydrogens (primary N) is 1. The number of rotatable bonds is 4. The normalized spacial score (nSPS) is 11.8. The van der Waals surface area contributed by atoms with Crippen molar-refractivity contribution >= 4 is 32.4 Å². The molecular weight excluding hydrogens is 371 g/mol.